The summed E-state index contributed by atoms with van der Waals surface area (Å²) in [4.78, 5) is 2.30. The predicted molar refractivity (Wildman–Crippen MR) is 119 cm³/mol. The molecule has 1 saturated heterocycles. The number of hydrogen-bond donors (Lipinski definition) is 2. The molecule has 1 heterocycles. The monoisotopic (exact) mass is 443 g/mol. The first-order chi connectivity index (χ1) is 13.5. The highest BCUT2D eigenvalue weighted by Crippen LogP contribution is 2.42. The van der Waals surface area contributed by atoms with E-state index in [1.807, 2.05) is 0 Å². The summed E-state index contributed by atoms with van der Waals surface area (Å²) in [5, 5.41) is 22.9. The molecule has 2 N–H and O–H groups in total. The van der Waals surface area contributed by atoms with Crippen molar-refractivity contribution >= 4 is 23.2 Å². The molecule has 2 aliphatic rings. The van der Waals surface area contributed by atoms with E-state index in [2.05, 4.69) is 25.7 Å². The first-order valence-corrected chi connectivity index (χ1v) is 11.5. The third-order valence-electron chi connectivity index (χ3n) is 6.84. The molecule has 1 saturated carbocycles. The van der Waals surface area contributed by atoms with Crippen molar-refractivity contribution in [2.75, 3.05) is 26.2 Å². The molecule has 1 aromatic rings. The molecule has 0 radical (unpaired) electrons. The predicted octanol–water partition coefficient (Wildman–Crippen LogP) is 5.17. The number of likely N-dealkylation sites (tertiary alicyclic amines) is 1. The molecule has 164 valence electrons. The van der Waals surface area contributed by atoms with Gasteiger partial charge in [0.05, 0.1) is 15.6 Å². The van der Waals surface area contributed by atoms with E-state index in [0.717, 1.165) is 38.8 Å². The normalized spacial score (nSPS) is 28.3. The van der Waals surface area contributed by atoms with E-state index in [1.54, 1.807) is 18.2 Å². The number of nitrogens with zero attached hydrogens (tertiary/aromatic N) is 1. The fourth-order valence-corrected chi connectivity index (χ4v) is 4.94. The van der Waals surface area contributed by atoms with Crippen LogP contribution in [0.2, 0.25) is 10.0 Å². The van der Waals surface area contributed by atoms with Gasteiger partial charge in [0.1, 0.15) is 18.0 Å². The number of rotatable bonds is 5. The number of benzene rings is 1. The smallest absolute Gasteiger partial charge is 0.121 e. The van der Waals surface area contributed by atoms with Gasteiger partial charge in [-0.25, -0.2) is 0 Å². The molecule has 4 nitrogen and oxygen atoms in total. The quantitative estimate of drug-likeness (QED) is 0.658. The van der Waals surface area contributed by atoms with Crippen LogP contribution < -0.4 is 4.74 Å². The molecule has 2 fully saturated rings. The van der Waals surface area contributed by atoms with Crippen molar-refractivity contribution in [3.63, 3.8) is 0 Å². The van der Waals surface area contributed by atoms with Crippen LogP contribution in [-0.4, -0.2) is 52.6 Å². The minimum absolute atomic E-state index is 0.232. The number of piperidine rings is 1. The van der Waals surface area contributed by atoms with Crippen LogP contribution in [0, 0.1) is 11.3 Å². The lowest BCUT2D eigenvalue weighted by molar-refractivity contribution is -0.0844. The summed E-state index contributed by atoms with van der Waals surface area (Å²) in [6, 6.07) is 5.13. The summed E-state index contributed by atoms with van der Waals surface area (Å²) in [6.45, 7) is 9.37. The Bertz CT molecular complexity index is 688. The van der Waals surface area contributed by atoms with Gasteiger partial charge >= 0.3 is 0 Å². The summed E-state index contributed by atoms with van der Waals surface area (Å²) < 4.78 is 5.77. The average Bonchev–Trinajstić information content (AvgIpc) is 2.64. The van der Waals surface area contributed by atoms with Crippen LogP contribution in [0.15, 0.2) is 18.2 Å². The first kappa shape index (κ1) is 23.1. The van der Waals surface area contributed by atoms with Crippen molar-refractivity contribution in [3.05, 3.63) is 28.2 Å². The summed E-state index contributed by atoms with van der Waals surface area (Å²) in [5.74, 6) is 1.30. The lowest BCUT2D eigenvalue weighted by Gasteiger charge is -2.45. The molecule has 1 aliphatic carbocycles. The van der Waals surface area contributed by atoms with Gasteiger partial charge in [-0.15, -0.1) is 0 Å². The standard InChI is InChI=1S/C23H35Cl2NO3/c1-21(2,3)17-6-8-22(27,9-7-17)15-26-12-10-23(28,11-13-26)16-29-18-4-5-19(24)20(25)14-18/h4-5,14,17,27-28H,6-13,15-16H2,1-3H3. The van der Waals surface area contributed by atoms with E-state index in [1.165, 1.54) is 0 Å². The van der Waals surface area contributed by atoms with Gasteiger partial charge < -0.3 is 19.8 Å². The molecule has 0 bridgehead atoms. The Morgan fingerprint density at radius 2 is 1.62 bits per heavy atom. The van der Waals surface area contributed by atoms with Crippen molar-refractivity contribution in [3.8, 4) is 5.75 Å². The van der Waals surface area contributed by atoms with E-state index in [4.69, 9.17) is 27.9 Å². The van der Waals surface area contributed by atoms with Gasteiger partial charge in [0.25, 0.3) is 0 Å². The Morgan fingerprint density at radius 1 is 1.00 bits per heavy atom. The average molecular weight is 444 g/mol. The summed E-state index contributed by atoms with van der Waals surface area (Å²) >= 11 is 12.0. The molecule has 29 heavy (non-hydrogen) atoms. The zero-order valence-corrected chi connectivity index (χ0v) is 19.4. The third kappa shape index (κ3) is 6.24. The Kier molecular flexibility index (Phi) is 7.12. The maximum absolute atomic E-state index is 11.1. The van der Waals surface area contributed by atoms with Gasteiger partial charge in [-0.2, -0.15) is 0 Å². The van der Waals surface area contributed by atoms with E-state index in [-0.39, 0.29) is 6.61 Å². The molecule has 0 aromatic heterocycles. The Hall–Kier alpha value is -0.520. The van der Waals surface area contributed by atoms with E-state index in [9.17, 15) is 10.2 Å². The largest absolute Gasteiger partial charge is 0.491 e. The zero-order valence-electron chi connectivity index (χ0n) is 17.9. The maximum atomic E-state index is 11.1. The number of ether oxygens (including phenoxy) is 1. The Morgan fingerprint density at radius 3 is 2.17 bits per heavy atom. The minimum Gasteiger partial charge on any atom is -0.491 e. The van der Waals surface area contributed by atoms with Crippen molar-refractivity contribution < 1.29 is 14.9 Å². The zero-order chi connectivity index (χ0) is 21.3. The van der Waals surface area contributed by atoms with E-state index >= 15 is 0 Å². The number of aliphatic hydroxyl groups is 2. The van der Waals surface area contributed by atoms with Crippen LogP contribution in [0.1, 0.15) is 59.3 Å². The van der Waals surface area contributed by atoms with Gasteiger partial charge in [-0.1, -0.05) is 44.0 Å². The maximum Gasteiger partial charge on any atom is 0.121 e. The lowest BCUT2D eigenvalue weighted by atomic mass is 9.68. The summed E-state index contributed by atoms with van der Waals surface area (Å²) in [5.41, 5.74) is -1.12. The lowest BCUT2D eigenvalue weighted by Crippen LogP contribution is -2.53. The van der Waals surface area contributed by atoms with Gasteiger partial charge in [-0.05, 0) is 62.0 Å². The topological polar surface area (TPSA) is 52.9 Å². The first-order valence-electron chi connectivity index (χ1n) is 10.7. The number of hydrogen-bond acceptors (Lipinski definition) is 4. The molecule has 0 atom stereocenters. The van der Waals surface area contributed by atoms with Crippen LogP contribution in [-0.2, 0) is 0 Å². The van der Waals surface area contributed by atoms with Crippen LogP contribution >= 0.6 is 23.2 Å². The second-order valence-corrected chi connectivity index (χ2v) is 11.0. The van der Waals surface area contributed by atoms with Crippen molar-refractivity contribution in [1.82, 2.24) is 4.90 Å². The van der Waals surface area contributed by atoms with E-state index in [0.29, 0.717) is 46.5 Å². The second kappa shape index (κ2) is 8.92. The molecule has 0 spiro atoms. The SMILES string of the molecule is CC(C)(C)C1CCC(O)(CN2CCC(O)(COc3ccc(Cl)c(Cl)c3)CC2)CC1. The third-order valence-corrected chi connectivity index (χ3v) is 7.58. The van der Waals surface area contributed by atoms with Crippen LogP contribution in [0.3, 0.4) is 0 Å². The van der Waals surface area contributed by atoms with Gasteiger partial charge in [0, 0.05) is 25.7 Å². The molecule has 0 unspecified atom stereocenters. The highest BCUT2D eigenvalue weighted by Gasteiger charge is 2.40. The number of β-amino-alcohol motifs (C(OH)–C–C–N with tert-alkyl or cyclic N) is 1. The fourth-order valence-electron chi connectivity index (χ4n) is 4.65. The fraction of sp³-hybridized carbons (Fsp3) is 0.739. The minimum atomic E-state index is -0.852. The highest BCUT2D eigenvalue weighted by molar-refractivity contribution is 6.42. The Labute approximate surface area is 185 Å². The van der Waals surface area contributed by atoms with Crippen molar-refractivity contribution in [2.24, 2.45) is 11.3 Å². The number of halogens is 2. The molecule has 3 rings (SSSR count). The molecule has 6 heteroatoms. The van der Waals surface area contributed by atoms with Gasteiger partial charge in [0.15, 0.2) is 0 Å². The molecule has 0 amide bonds. The van der Waals surface area contributed by atoms with Crippen molar-refractivity contribution in [1.29, 1.82) is 0 Å². The Balaban J connectivity index is 1.45. The molecular formula is C23H35Cl2NO3. The molecule has 1 aliphatic heterocycles. The van der Waals surface area contributed by atoms with Crippen LogP contribution in [0.25, 0.3) is 0 Å². The second-order valence-electron chi connectivity index (χ2n) is 10.2. The van der Waals surface area contributed by atoms with E-state index < -0.39 is 11.2 Å². The van der Waals surface area contributed by atoms with Crippen molar-refractivity contribution in [2.45, 2.75) is 70.5 Å². The molecular weight excluding hydrogens is 409 g/mol. The summed E-state index contributed by atoms with van der Waals surface area (Å²) in [6.07, 6.45) is 5.20. The highest BCUT2D eigenvalue weighted by atomic mass is 35.5. The van der Waals surface area contributed by atoms with Crippen LogP contribution in [0.5, 0.6) is 5.75 Å². The summed E-state index contributed by atoms with van der Waals surface area (Å²) in [7, 11) is 0. The molecule has 1 aromatic carbocycles. The van der Waals surface area contributed by atoms with Gasteiger partial charge in [-0.3, -0.25) is 0 Å². The van der Waals surface area contributed by atoms with Gasteiger partial charge in [0.2, 0.25) is 0 Å². The van der Waals surface area contributed by atoms with Crippen LogP contribution in [0.4, 0.5) is 0 Å².